The van der Waals surface area contributed by atoms with Gasteiger partial charge in [0.2, 0.25) is 5.91 Å². The lowest BCUT2D eigenvalue weighted by Crippen LogP contribution is -2.22. The van der Waals surface area contributed by atoms with Gasteiger partial charge in [0.1, 0.15) is 0 Å². The zero-order valence-corrected chi connectivity index (χ0v) is 20.9. The number of hydrogen-bond acceptors (Lipinski definition) is 3. The zero-order valence-electron chi connectivity index (χ0n) is 20.1. The maximum absolute atomic E-state index is 11.6. The van der Waals surface area contributed by atoms with E-state index in [2.05, 4.69) is 12.2 Å². The van der Waals surface area contributed by atoms with Crippen molar-refractivity contribution in [3.8, 4) is 0 Å². The van der Waals surface area contributed by atoms with Crippen LogP contribution < -0.4 is 5.32 Å². The highest BCUT2D eigenvalue weighted by molar-refractivity contribution is 7.85. The van der Waals surface area contributed by atoms with Crippen LogP contribution in [0.5, 0.6) is 0 Å². The van der Waals surface area contributed by atoms with Crippen molar-refractivity contribution >= 4 is 16.0 Å². The Kier molecular flexibility index (Phi) is 21.7. The Morgan fingerprint density at radius 2 is 1.16 bits per heavy atom. The van der Waals surface area contributed by atoms with E-state index >= 15 is 0 Å². The first-order valence-corrected chi connectivity index (χ1v) is 14.5. The largest absolute Gasteiger partial charge is 0.353 e. The molecule has 0 fully saturated rings. The summed E-state index contributed by atoms with van der Waals surface area (Å²) in [7, 11) is -3.89. The van der Waals surface area contributed by atoms with Crippen LogP contribution in [-0.4, -0.2) is 31.2 Å². The van der Waals surface area contributed by atoms with Crippen molar-refractivity contribution in [1.82, 2.24) is 5.32 Å². The molecule has 0 rings (SSSR count). The average Bonchev–Trinajstić information content (AvgIpc) is 2.71. The van der Waals surface area contributed by atoms with Crippen LogP contribution in [0.2, 0.25) is 0 Å². The number of rotatable bonds is 23. The summed E-state index contributed by atoms with van der Waals surface area (Å²) in [6, 6.07) is 0. The molecule has 0 heterocycles. The highest BCUT2D eigenvalue weighted by atomic mass is 32.2. The molecule has 0 aliphatic heterocycles. The summed E-state index contributed by atoms with van der Waals surface area (Å²) in [5, 5.41) is 2.72. The lowest BCUT2D eigenvalue weighted by molar-refractivity contribution is -0.116. The molecule has 0 saturated heterocycles. The Morgan fingerprint density at radius 1 is 0.710 bits per heavy atom. The molecule has 6 heteroatoms. The first kappa shape index (κ1) is 30.1. The van der Waals surface area contributed by atoms with E-state index in [4.69, 9.17) is 4.55 Å². The molecule has 0 aromatic heterocycles. The minimum atomic E-state index is -3.89. The molecule has 184 valence electrons. The van der Waals surface area contributed by atoms with Gasteiger partial charge < -0.3 is 5.32 Å². The SMILES string of the molecule is CCCCCCCCCCCCCCCCCC/C=C/C(=O)NCCCCS(=O)(=O)O. The van der Waals surface area contributed by atoms with Crippen molar-refractivity contribution in [3.63, 3.8) is 0 Å². The molecule has 0 radical (unpaired) electrons. The van der Waals surface area contributed by atoms with Gasteiger partial charge in [-0.15, -0.1) is 0 Å². The molecule has 0 atom stereocenters. The standard InChI is InChI=1S/C25H49NO4S/c1-2-3-4-5-6-7-8-9-10-11-12-13-14-15-16-17-18-19-22-25(27)26-23-20-21-24-31(28,29)30/h19,22H,2-18,20-21,23-24H2,1H3,(H,26,27)(H,28,29,30)/b22-19+. The highest BCUT2D eigenvalue weighted by Crippen LogP contribution is 2.14. The number of carbonyl (C=O) groups excluding carboxylic acids is 1. The fourth-order valence-corrected chi connectivity index (χ4v) is 4.25. The molecule has 0 aromatic rings. The smallest absolute Gasteiger partial charge is 0.264 e. The predicted octanol–water partition coefficient (Wildman–Crippen LogP) is 6.98. The molecule has 0 unspecified atom stereocenters. The van der Waals surface area contributed by atoms with Crippen LogP contribution in [0.4, 0.5) is 0 Å². The number of unbranched alkanes of at least 4 members (excludes halogenated alkanes) is 17. The second-order valence-corrected chi connectivity index (χ2v) is 10.4. The summed E-state index contributed by atoms with van der Waals surface area (Å²) < 4.78 is 29.8. The Morgan fingerprint density at radius 3 is 1.61 bits per heavy atom. The molecule has 5 nitrogen and oxygen atoms in total. The number of carbonyl (C=O) groups is 1. The molecule has 0 aromatic carbocycles. The van der Waals surface area contributed by atoms with Gasteiger partial charge in [-0.2, -0.15) is 8.42 Å². The minimum absolute atomic E-state index is 0.136. The second kappa shape index (κ2) is 22.3. The first-order chi connectivity index (χ1) is 15.0. The molecule has 2 N–H and O–H groups in total. The lowest BCUT2D eigenvalue weighted by atomic mass is 10.0. The lowest BCUT2D eigenvalue weighted by Gasteiger charge is -2.03. The monoisotopic (exact) mass is 459 g/mol. The minimum Gasteiger partial charge on any atom is -0.353 e. The third-order valence-corrected chi connectivity index (χ3v) is 6.43. The van der Waals surface area contributed by atoms with Gasteiger partial charge in [-0.25, -0.2) is 0 Å². The normalized spacial score (nSPS) is 11.9. The van der Waals surface area contributed by atoms with E-state index < -0.39 is 10.1 Å². The van der Waals surface area contributed by atoms with Crippen LogP contribution in [0.25, 0.3) is 0 Å². The van der Waals surface area contributed by atoms with Crippen molar-refractivity contribution < 1.29 is 17.8 Å². The van der Waals surface area contributed by atoms with Gasteiger partial charge in [0.05, 0.1) is 5.75 Å². The summed E-state index contributed by atoms with van der Waals surface area (Å²) >= 11 is 0. The van der Waals surface area contributed by atoms with Crippen LogP contribution in [0.1, 0.15) is 129 Å². The van der Waals surface area contributed by atoms with Gasteiger partial charge in [0.15, 0.2) is 0 Å². The van der Waals surface area contributed by atoms with Crippen molar-refractivity contribution in [2.24, 2.45) is 0 Å². The maximum atomic E-state index is 11.6. The second-order valence-electron chi connectivity index (χ2n) is 8.78. The van der Waals surface area contributed by atoms with Gasteiger partial charge >= 0.3 is 0 Å². The van der Waals surface area contributed by atoms with Crippen LogP contribution in [0, 0.1) is 0 Å². The first-order valence-electron chi connectivity index (χ1n) is 12.8. The molecule has 0 aliphatic carbocycles. The van der Waals surface area contributed by atoms with Crippen LogP contribution in [0.15, 0.2) is 12.2 Å². The molecule has 0 aliphatic rings. The zero-order chi connectivity index (χ0) is 23.0. The fourth-order valence-electron chi connectivity index (χ4n) is 3.68. The highest BCUT2D eigenvalue weighted by Gasteiger charge is 2.03. The van der Waals surface area contributed by atoms with Crippen LogP contribution in [0.3, 0.4) is 0 Å². The third kappa shape index (κ3) is 27.1. The summed E-state index contributed by atoms with van der Waals surface area (Å²) in [6.07, 6.45) is 27.1. The molecular weight excluding hydrogens is 410 g/mol. The van der Waals surface area contributed by atoms with E-state index in [1.807, 2.05) is 6.08 Å². The molecule has 0 bridgehead atoms. The van der Waals surface area contributed by atoms with E-state index in [0.717, 1.165) is 12.8 Å². The summed E-state index contributed by atoms with van der Waals surface area (Å²) in [6.45, 7) is 2.70. The van der Waals surface area contributed by atoms with Crippen molar-refractivity contribution in [2.75, 3.05) is 12.3 Å². The molecule has 1 amide bonds. The summed E-state index contributed by atoms with van der Waals surface area (Å²) in [5.74, 6) is -0.388. The summed E-state index contributed by atoms with van der Waals surface area (Å²) in [5.41, 5.74) is 0. The van der Waals surface area contributed by atoms with Gasteiger partial charge in [-0.05, 0) is 31.8 Å². The fraction of sp³-hybridized carbons (Fsp3) is 0.880. The maximum Gasteiger partial charge on any atom is 0.264 e. The number of hydrogen-bond donors (Lipinski definition) is 2. The van der Waals surface area contributed by atoms with Gasteiger partial charge in [-0.1, -0.05) is 109 Å². The quantitative estimate of drug-likeness (QED) is 0.0980. The Bertz CT molecular complexity index is 532. The molecule has 0 saturated carbocycles. The molecule has 31 heavy (non-hydrogen) atoms. The van der Waals surface area contributed by atoms with E-state index in [1.165, 1.54) is 96.3 Å². The predicted molar refractivity (Wildman–Crippen MR) is 132 cm³/mol. The topological polar surface area (TPSA) is 83.5 Å². The molecule has 0 spiro atoms. The number of allylic oxidation sites excluding steroid dienone is 1. The Hall–Kier alpha value is -0.880. The van der Waals surface area contributed by atoms with Crippen molar-refractivity contribution in [3.05, 3.63) is 12.2 Å². The average molecular weight is 460 g/mol. The van der Waals surface area contributed by atoms with E-state index in [9.17, 15) is 13.2 Å². The van der Waals surface area contributed by atoms with Crippen LogP contribution >= 0.6 is 0 Å². The van der Waals surface area contributed by atoms with Gasteiger partial charge in [-0.3, -0.25) is 9.35 Å². The van der Waals surface area contributed by atoms with Crippen molar-refractivity contribution in [2.45, 2.75) is 129 Å². The summed E-state index contributed by atoms with van der Waals surface area (Å²) in [4.78, 5) is 11.6. The molecular formula is C25H49NO4S. The van der Waals surface area contributed by atoms with Crippen LogP contribution in [-0.2, 0) is 14.9 Å². The van der Waals surface area contributed by atoms with E-state index in [-0.39, 0.29) is 11.7 Å². The number of amides is 1. The van der Waals surface area contributed by atoms with Gasteiger partial charge in [0, 0.05) is 6.54 Å². The van der Waals surface area contributed by atoms with E-state index in [0.29, 0.717) is 19.4 Å². The van der Waals surface area contributed by atoms with Crippen molar-refractivity contribution in [1.29, 1.82) is 0 Å². The van der Waals surface area contributed by atoms with Gasteiger partial charge in [0.25, 0.3) is 10.1 Å². The Labute approximate surface area is 192 Å². The third-order valence-electron chi connectivity index (χ3n) is 5.62. The van der Waals surface area contributed by atoms with E-state index in [1.54, 1.807) is 6.08 Å². The Balaban J connectivity index is 3.25. The number of nitrogens with one attached hydrogen (secondary N) is 1.